The van der Waals surface area contributed by atoms with Crippen LogP contribution in [0.25, 0.3) is 0 Å². The second-order valence-electron chi connectivity index (χ2n) is 7.57. The molecule has 174 valence electrons. The zero-order chi connectivity index (χ0) is 24.3. The fraction of sp³-hybridized carbons (Fsp3) is 0.160. The Morgan fingerprint density at radius 1 is 0.971 bits per heavy atom. The Morgan fingerprint density at radius 2 is 1.56 bits per heavy atom. The van der Waals surface area contributed by atoms with Crippen LogP contribution in [0.1, 0.15) is 21.5 Å². The number of nitrogens with one attached hydrogen (secondary N) is 1. The SMILES string of the molecule is COc1ccc(C(=O)N[C@@]2(C(F)(F)F)N=C(c3ccccc3)N(Cc3ccccc3)C2=O)cc1. The number of rotatable bonds is 6. The quantitative estimate of drug-likeness (QED) is 0.592. The summed E-state index contributed by atoms with van der Waals surface area (Å²) in [6.07, 6.45) is -5.20. The van der Waals surface area contributed by atoms with Gasteiger partial charge in [0.15, 0.2) is 0 Å². The Balaban J connectivity index is 1.78. The summed E-state index contributed by atoms with van der Waals surface area (Å²) in [6, 6.07) is 22.2. The number of alkyl halides is 3. The normalized spacial score (nSPS) is 17.9. The monoisotopic (exact) mass is 467 g/mol. The highest BCUT2D eigenvalue weighted by Gasteiger charge is 2.67. The number of methoxy groups -OCH3 is 1. The number of carbonyl (C=O) groups is 2. The summed E-state index contributed by atoms with van der Waals surface area (Å²) in [5.74, 6) is -2.23. The van der Waals surface area contributed by atoms with Crippen LogP contribution in [-0.4, -0.2) is 41.5 Å². The number of hydrogen-bond donors (Lipinski definition) is 1. The molecule has 0 saturated heterocycles. The molecule has 3 aromatic rings. The molecule has 34 heavy (non-hydrogen) atoms. The van der Waals surface area contributed by atoms with Gasteiger partial charge in [-0.2, -0.15) is 13.2 Å². The third kappa shape index (κ3) is 4.24. The first-order valence-electron chi connectivity index (χ1n) is 10.3. The second-order valence-corrected chi connectivity index (χ2v) is 7.57. The van der Waals surface area contributed by atoms with E-state index in [4.69, 9.17) is 4.74 Å². The largest absolute Gasteiger partial charge is 0.497 e. The molecular weight excluding hydrogens is 447 g/mol. The van der Waals surface area contributed by atoms with Crippen LogP contribution >= 0.6 is 0 Å². The molecule has 0 bridgehead atoms. The van der Waals surface area contributed by atoms with Gasteiger partial charge < -0.3 is 10.1 Å². The maximum absolute atomic E-state index is 14.5. The van der Waals surface area contributed by atoms with Crippen molar-refractivity contribution in [3.63, 3.8) is 0 Å². The molecule has 0 radical (unpaired) electrons. The van der Waals surface area contributed by atoms with Crippen molar-refractivity contribution in [1.29, 1.82) is 0 Å². The number of carbonyl (C=O) groups excluding carboxylic acids is 2. The summed E-state index contributed by atoms with van der Waals surface area (Å²) in [5, 5.41) is 1.87. The fourth-order valence-electron chi connectivity index (χ4n) is 3.59. The Bertz CT molecular complexity index is 1210. The second kappa shape index (κ2) is 9.01. The van der Waals surface area contributed by atoms with E-state index in [0.717, 1.165) is 4.90 Å². The van der Waals surface area contributed by atoms with E-state index in [1.54, 1.807) is 60.7 Å². The molecule has 9 heteroatoms. The van der Waals surface area contributed by atoms with E-state index < -0.39 is 23.7 Å². The molecule has 1 N–H and O–H groups in total. The van der Waals surface area contributed by atoms with Crippen LogP contribution in [0, 0.1) is 0 Å². The van der Waals surface area contributed by atoms with Crippen molar-refractivity contribution < 1.29 is 27.5 Å². The van der Waals surface area contributed by atoms with Gasteiger partial charge in [-0.1, -0.05) is 60.7 Å². The summed E-state index contributed by atoms with van der Waals surface area (Å²) in [4.78, 5) is 31.0. The molecule has 3 aromatic carbocycles. The lowest BCUT2D eigenvalue weighted by Crippen LogP contribution is -2.63. The molecule has 0 spiro atoms. The van der Waals surface area contributed by atoms with Crippen LogP contribution in [-0.2, 0) is 11.3 Å². The first kappa shape index (κ1) is 23.0. The number of aliphatic imine (C=N–C) groups is 1. The smallest absolute Gasteiger partial charge is 0.442 e. The standard InChI is InChI=1S/C25H20F3N3O3/c1-34-20-14-12-19(13-15-20)22(32)30-24(25(26,27)28)23(33)31(16-17-8-4-2-5-9-17)21(29-24)18-10-6-3-7-11-18/h2-15H,16H2,1H3,(H,30,32)/t24-/m0/s1. The van der Waals surface area contributed by atoms with Gasteiger partial charge in [0, 0.05) is 11.1 Å². The van der Waals surface area contributed by atoms with E-state index in [-0.39, 0.29) is 17.9 Å². The number of benzene rings is 3. The highest BCUT2D eigenvalue weighted by atomic mass is 19.4. The predicted octanol–water partition coefficient (Wildman–Crippen LogP) is 4.17. The van der Waals surface area contributed by atoms with Gasteiger partial charge in [-0.15, -0.1) is 0 Å². The lowest BCUT2D eigenvalue weighted by Gasteiger charge is -2.29. The molecular formula is C25H20F3N3O3. The summed E-state index contributed by atoms with van der Waals surface area (Å²) < 4.78 is 48.4. The van der Waals surface area contributed by atoms with Crippen molar-refractivity contribution in [3.05, 3.63) is 102 Å². The summed E-state index contributed by atoms with van der Waals surface area (Å²) in [6.45, 7) is -0.149. The number of hydrogen-bond acceptors (Lipinski definition) is 4. The fourth-order valence-corrected chi connectivity index (χ4v) is 3.59. The molecule has 1 aliphatic heterocycles. The molecule has 1 aliphatic rings. The minimum Gasteiger partial charge on any atom is -0.497 e. The average Bonchev–Trinajstić information content (AvgIpc) is 3.12. The van der Waals surface area contributed by atoms with Crippen molar-refractivity contribution in [1.82, 2.24) is 10.2 Å². The molecule has 0 aliphatic carbocycles. The number of halogens is 3. The minimum absolute atomic E-state index is 0.0739. The van der Waals surface area contributed by atoms with Gasteiger partial charge in [-0.05, 0) is 29.8 Å². The number of amidine groups is 1. The van der Waals surface area contributed by atoms with Crippen molar-refractivity contribution in [2.45, 2.75) is 18.4 Å². The molecule has 0 aromatic heterocycles. The van der Waals surface area contributed by atoms with Gasteiger partial charge in [0.1, 0.15) is 11.6 Å². The van der Waals surface area contributed by atoms with Crippen LogP contribution in [0.15, 0.2) is 89.9 Å². The molecule has 6 nitrogen and oxygen atoms in total. The zero-order valence-corrected chi connectivity index (χ0v) is 18.0. The van der Waals surface area contributed by atoms with E-state index in [1.165, 1.54) is 31.4 Å². The van der Waals surface area contributed by atoms with Crippen molar-refractivity contribution in [3.8, 4) is 5.75 Å². The van der Waals surface area contributed by atoms with E-state index >= 15 is 0 Å². The molecule has 0 unspecified atom stereocenters. The van der Waals surface area contributed by atoms with Gasteiger partial charge >= 0.3 is 11.8 Å². The van der Waals surface area contributed by atoms with E-state index in [1.807, 2.05) is 5.32 Å². The number of amides is 2. The number of ether oxygens (including phenoxy) is 1. The van der Waals surface area contributed by atoms with Crippen LogP contribution in [0.4, 0.5) is 13.2 Å². The first-order chi connectivity index (χ1) is 16.2. The van der Waals surface area contributed by atoms with E-state index in [2.05, 4.69) is 4.99 Å². The van der Waals surface area contributed by atoms with Crippen molar-refractivity contribution in [2.24, 2.45) is 4.99 Å². The molecule has 1 atom stereocenters. The minimum atomic E-state index is -5.20. The van der Waals surface area contributed by atoms with Crippen LogP contribution in [0.3, 0.4) is 0 Å². The third-order valence-corrected chi connectivity index (χ3v) is 5.36. The molecule has 0 fully saturated rings. The van der Waals surface area contributed by atoms with Crippen LogP contribution in [0.2, 0.25) is 0 Å². The first-order valence-corrected chi connectivity index (χ1v) is 10.3. The molecule has 4 rings (SSSR count). The summed E-state index contributed by atoms with van der Waals surface area (Å²) >= 11 is 0. The lowest BCUT2D eigenvalue weighted by atomic mass is 10.1. The van der Waals surface area contributed by atoms with E-state index in [9.17, 15) is 22.8 Å². The molecule has 2 amide bonds. The molecule has 1 heterocycles. The highest BCUT2D eigenvalue weighted by molar-refractivity contribution is 6.16. The third-order valence-electron chi connectivity index (χ3n) is 5.36. The Hall–Kier alpha value is -4.14. The summed E-state index contributed by atoms with van der Waals surface area (Å²) in [5.41, 5.74) is -2.62. The predicted molar refractivity (Wildman–Crippen MR) is 119 cm³/mol. The van der Waals surface area contributed by atoms with E-state index in [0.29, 0.717) is 16.9 Å². The topological polar surface area (TPSA) is 71.0 Å². The van der Waals surface area contributed by atoms with Crippen LogP contribution in [0.5, 0.6) is 5.75 Å². The van der Waals surface area contributed by atoms with Gasteiger partial charge in [0.05, 0.1) is 13.7 Å². The highest BCUT2D eigenvalue weighted by Crippen LogP contribution is 2.39. The van der Waals surface area contributed by atoms with Crippen molar-refractivity contribution in [2.75, 3.05) is 7.11 Å². The van der Waals surface area contributed by atoms with Gasteiger partial charge in [0.25, 0.3) is 11.8 Å². The van der Waals surface area contributed by atoms with Crippen molar-refractivity contribution >= 4 is 17.6 Å². The summed E-state index contributed by atoms with van der Waals surface area (Å²) in [7, 11) is 1.42. The Morgan fingerprint density at radius 3 is 2.12 bits per heavy atom. The van der Waals surface area contributed by atoms with Gasteiger partial charge in [-0.25, -0.2) is 4.99 Å². The Labute approximate surface area is 193 Å². The molecule has 0 saturated carbocycles. The maximum atomic E-state index is 14.5. The number of nitrogens with zero attached hydrogens (tertiary/aromatic N) is 2. The zero-order valence-electron chi connectivity index (χ0n) is 18.0. The Kier molecular flexibility index (Phi) is 6.10. The average molecular weight is 467 g/mol. The van der Waals surface area contributed by atoms with Gasteiger partial charge in [-0.3, -0.25) is 14.5 Å². The van der Waals surface area contributed by atoms with Gasteiger partial charge in [0.2, 0.25) is 0 Å². The van der Waals surface area contributed by atoms with Crippen LogP contribution < -0.4 is 10.1 Å². The maximum Gasteiger partial charge on any atom is 0.442 e. The lowest BCUT2D eigenvalue weighted by molar-refractivity contribution is -0.196.